The maximum absolute atomic E-state index is 13.2. The lowest BCUT2D eigenvalue weighted by atomic mass is 10.2. The molecule has 0 saturated carbocycles. The van der Waals surface area contributed by atoms with E-state index in [0.29, 0.717) is 26.7 Å². The summed E-state index contributed by atoms with van der Waals surface area (Å²) in [5, 5.41) is 5.68. The third-order valence-electron chi connectivity index (χ3n) is 5.40. The van der Waals surface area contributed by atoms with Gasteiger partial charge in [0.2, 0.25) is 5.91 Å². The molecule has 0 spiro atoms. The summed E-state index contributed by atoms with van der Waals surface area (Å²) in [5.41, 5.74) is 0.954. The van der Waals surface area contributed by atoms with E-state index in [4.69, 9.17) is 9.47 Å². The molecule has 0 unspecified atom stereocenters. The third-order valence-corrected chi connectivity index (χ3v) is 6.60. The molecule has 10 nitrogen and oxygen atoms in total. The lowest BCUT2D eigenvalue weighted by Crippen LogP contribution is -2.28. The molecule has 0 atom stereocenters. The van der Waals surface area contributed by atoms with Gasteiger partial charge in [0.25, 0.3) is 11.5 Å². The summed E-state index contributed by atoms with van der Waals surface area (Å²) in [5.74, 6) is -1.02. The van der Waals surface area contributed by atoms with Gasteiger partial charge in [-0.1, -0.05) is 24.3 Å². The van der Waals surface area contributed by atoms with Crippen LogP contribution < -0.4 is 20.9 Å². The molecule has 36 heavy (non-hydrogen) atoms. The van der Waals surface area contributed by atoms with Gasteiger partial charge in [-0.2, -0.15) is 0 Å². The fraction of sp³-hybridized carbons (Fsp3) is 0.160. The van der Waals surface area contributed by atoms with Crippen LogP contribution in [0.3, 0.4) is 0 Å². The summed E-state index contributed by atoms with van der Waals surface area (Å²) in [6.45, 7) is 1.32. The van der Waals surface area contributed by atoms with Gasteiger partial charge in [0, 0.05) is 0 Å². The van der Waals surface area contributed by atoms with Crippen molar-refractivity contribution >= 4 is 50.7 Å². The Balaban J connectivity index is 1.58. The van der Waals surface area contributed by atoms with Crippen LogP contribution in [0.4, 0.5) is 11.4 Å². The second-order valence-corrected chi connectivity index (χ2v) is 8.65. The van der Waals surface area contributed by atoms with Crippen molar-refractivity contribution in [3.05, 3.63) is 81.2 Å². The van der Waals surface area contributed by atoms with E-state index in [-0.39, 0.29) is 23.2 Å². The van der Waals surface area contributed by atoms with Crippen LogP contribution in [-0.4, -0.2) is 41.6 Å². The first-order chi connectivity index (χ1) is 17.3. The fourth-order valence-corrected chi connectivity index (χ4v) is 4.67. The molecule has 184 valence electrons. The molecule has 2 aromatic heterocycles. The minimum Gasteiger partial charge on any atom is -0.495 e. The molecular formula is C25H22N4O6S. The molecule has 4 aromatic rings. The van der Waals surface area contributed by atoms with Crippen LogP contribution in [-0.2, 0) is 16.1 Å². The van der Waals surface area contributed by atoms with Crippen molar-refractivity contribution < 1.29 is 23.9 Å². The number of ether oxygens (including phenoxy) is 2. The van der Waals surface area contributed by atoms with E-state index >= 15 is 0 Å². The van der Waals surface area contributed by atoms with E-state index in [2.05, 4.69) is 15.6 Å². The van der Waals surface area contributed by atoms with Crippen LogP contribution >= 0.6 is 11.3 Å². The van der Waals surface area contributed by atoms with E-state index in [1.165, 1.54) is 26.6 Å². The average Bonchev–Trinajstić information content (AvgIpc) is 3.23. The number of thiophene rings is 1. The Bertz CT molecular complexity index is 1540. The number of hydrogen-bond donors (Lipinski definition) is 2. The van der Waals surface area contributed by atoms with E-state index in [1.807, 2.05) is 0 Å². The minimum absolute atomic E-state index is 0.189. The zero-order valence-corrected chi connectivity index (χ0v) is 20.5. The van der Waals surface area contributed by atoms with Gasteiger partial charge in [0.05, 0.1) is 47.7 Å². The summed E-state index contributed by atoms with van der Waals surface area (Å²) >= 11 is 1.09. The smallest absolute Gasteiger partial charge is 0.339 e. The number of para-hydroxylation sites is 3. The highest BCUT2D eigenvalue weighted by atomic mass is 32.1. The molecule has 0 bridgehead atoms. The topological polar surface area (TPSA) is 129 Å². The number of methoxy groups -OCH3 is 2. The number of amides is 2. The van der Waals surface area contributed by atoms with Gasteiger partial charge >= 0.3 is 5.97 Å². The summed E-state index contributed by atoms with van der Waals surface area (Å²) in [6, 6.07) is 13.4. The van der Waals surface area contributed by atoms with Crippen molar-refractivity contribution in [1.29, 1.82) is 0 Å². The molecule has 0 radical (unpaired) electrons. The van der Waals surface area contributed by atoms with Crippen molar-refractivity contribution in [3.8, 4) is 5.75 Å². The van der Waals surface area contributed by atoms with Gasteiger partial charge in [0.1, 0.15) is 17.1 Å². The zero-order valence-electron chi connectivity index (χ0n) is 19.7. The SMILES string of the molecule is COC(=O)c1ccccc1NC(=O)Cn1cnc2sc(C(=O)Nc3ccccc3OC)c(C)c2c1=O. The first-order valence-electron chi connectivity index (χ1n) is 10.7. The van der Waals surface area contributed by atoms with E-state index in [0.717, 1.165) is 15.9 Å². The first kappa shape index (κ1) is 24.6. The quantitative estimate of drug-likeness (QED) is 0.367. The van der Waals surface area contributed by atoms with Crippen molar-refractivity contribution in [3.63, 3.8) is 0 Å². The third kappa shape index (κ3) is 4.82. The monoisotopic (exact) mass is 506 g/mol. The molecule has 0 aliphatic rings. The summed E-state index contributed by atoms with van der Waals surface area (Å²) < 4.78 is 11.2. The Kier molecular flexibility index (Phi) is 7.11. The van der Waals surface area contributed by atoms with Crippen molar-refractivity contribution in [2.45, 2.75) is 13.5 Å². The molecule has 2 N–H and O–H groups in total. The molecule has 0 aliphatic carbocycles. The van der Waals surface area contributed by atoms with Crippen LogP contribution in [0.15, 0.2) is 59.7 Å². The standard InChI is InChI=1S/C25H22N4O6S/c1-14-20-23(36-21(14)22(31)28-17-10-6-7-11-18(17)34-2)26-13-29(24(20)32)12-19(30)27-16-9-5-4-8-15(16)25(33)35-3/h4-11,13H,12H2,1-3H3,(H,27,30)(H,28,31). The second-order valence-electron chi connectivity index (χ2n) is 7.65. The van der Waals surface area contributed by atoms with Gasteiger partial charge in [-0.05, 0) is 36.8 Å². The Morgan fingerprint density at radius 3 is 2.42 bits per heavy atom. The van der Waals surface area contributed by atoms with Gasteiger partial charge in [-0.3, -0.25) is 19.0 Å². The Morgan fingerprint density at radius 2 is 1.69 bits per heavy atom. The van der Waals surface area contributed by atoms with E-state index < -0.39 is 23.3 Å². The number of aromatic nitrogens is 2. The average molecular weight is 507 g/mol. The van der Waals surface area contributed by atoms with Gasteiger partial charge in [0.15, 0.2) is 0 Å². The molecule has 11 heteroatoms. The van der Waals surface area contributed by atoms with Crippen molar-refractivity contribution in [1.82, 2.24) is 9.55 Å². The van der Waals surface area contributed by atoms with Gasteiger partial charge in [-0.25, -0.2) is 9.78 Å². The largest absolute Gasteiger partial charge is 0.495 e. The number of esters is 1. The molecular weight excluding hydrogens is 484 g/mol. The van der Waals surface area contributed by atoms with Gasteiger partial charge in [-0.15, -0.1) is 11.3 Å². The number of anilines is 2. The van der Waals surface area contributed by atoms with Crippen molar-refractivity contribution in [2.24, 2.45) is 0 Å². The number of rotatable bonds is 7. The summed E-state index contributed by atoms with van der Waals surface area (Å²) in [6.07, 6.45) is 1.26. The number of nitrogens with one attached hydrogen (secondary N) is 2. The molecule has 0 fully saturated rings. The number of nitrogens with zero attached hydrogens (tertiary/aromatic N) is 2. The van der Waals surface area contributed by atoms with Crippen LogP contribution in [0, 0.1) is 6.92 Å². The maximum Gasteiger partial charge on any atom is 0.339 e. The predicted molar refractivity (Wildman–Crippen MR) is 136 cm³/mol. The number of carbonyl (C=O) groups excluding carboxylic acids is 3. The maximum atomic E-state index is 13.2. The molecule has 0 aliphatic heterocycles. The van der Waals surface area contributed by atoms with Gasteiger partial charge < -0.3 is 20.1 Å². The Labute approximate surface area is 209 Å². The minimum atomic E-state index is -0.598. The number of aryl methyl sites for hydroxylation is 1. The number of benzene rings is 2. The van der Waals surface area contributed by atoms with E-state index in [9.17, 15) is 19.2 Å². The summed E-state index contributed by atoms with van der Waals surface area (Å²) in [7, 11) is 2.75. The molecule has 2 heterocycles. The zero-order chi connectivity index (χ0) is 25.8. The number of fused-ring (bicyclic) bond motifs is 1. The van der Waals surface area contributed by atoms with E-state index in [1.54, 1.807) is 49.4 Å². The number of carbonyl (C=O) groups is 3. The first-order valence-corrected chi connectivity index (χ1v) is 11.6. The highest BCUT2D eigenvalue weighted by molar-refractivity contribution is 7.20. The normalized spacial score (nSPS) is 10.6. The Hall–Kier alpha value is -4.51. The molecule has 0 saturated heterocycles. The van der Waals surface area contributed by atoms with Crippen molar-refractivity contribution in [2.75, 3.05) is 24.9 Å². The molecule has 2 amide bonds. The van der Waals surface area contributed by atoms with Crippen LogP contribution in [0.25, 0.3) is 10.2 Å². The number of hydrogen-bond acceptors (Lipinski definition) is 8. The molecule has 2 aromatic carbocycles. The lowest BCUT2D eigenvalue weighted by molar-refractivity contribution is -0.116. The fourth-order valence-electron chi connectivity index (χ4n) is 3.64. The molecule has 4 rings (SSSR count). The second kappa shape index (κ2) is 10.4. The van der Waals surface area contributed by atoms with Crippen LogP contribution in [0.5, 0.6) is 5.75 Å². The Morgan fingerprint density at radius 1 is 1.00 bits per heavy atom. The summed E-state index contributed by atoms with van der Waals surface area (Å²) in [4.78, 5) is 55.8. The van der Waals surface area contributed by atoms with Crippen LogP contribution in [0.2, 0.25) is 0 Å². The predicted octanol–water partition coefficient (Wildman–Crippen LogP) is 3.45. The highest BCUT2D eigenvalue weighted by Gasteiger charge is 2.21. The lowest BCUT2D eigenvalue weighted by Gasteiger charge is -2.10. The highest BCUT2D eigenvalue weighted by Crippen LogP contribution is 2.29. The van der Waals surface area contributed by atoms with Crippen LogP contribution in [0.1, 0.15) is 25.6 Å².